The number of piperidine rings is 1. The van der Waals surface area contributed by atoms with Gasteiger partial charge in [0.25, 0.3) is 0 Å². The van der Waals surface area contributed by atoms with E-state index < -0.39 is 0 Å². The van der Waals surface area contributed by atoms with Crippen molar-refractivity contribution >= 4 is 0 Å². The van der Waals surface area contributed by atoms with Gasteiger partial charge in [-0.2, -0.15) is 0 Å². The van der Waals surface area contributed by atoms with Crippen LogP contribution in [0.3, 0.4) is 0 Å². The number of hydrogen-bond donors (Lipinski definition) is 1. The summed E-state index contributed by atoms with van der Waals surface area (Å²) in [6.07, 6.45) is 3.73. The minimum absolute atomic E-state index is 0.0598. The molecule has 1 N–H and O–H groups in total. The van der Waals surface area contributed by atoms with Crippen molar-refractivity contribution in [3.8, 4) is 5.75 Å². The van der Waals surface area contributed by atoms with Gasteiger partial charge in [-0.05, 0) is 39.2 Å². The molecule has 1 aliphatic heterocycles. The molecule has 0 aromatic heterocycles. The molecule has 16 heavy (non-hydrogen) atoms. The molecular weight excluding hydrogens is 198 g/mol. The molecule has 0 bridgehead atoms. The van der Waals surface area contributed by atoms with Crippen molar-refractivity contribution in [2.24, 2.45) is 0 Å². The Hall–Kier alpha value is -1.02. The van der Waals surface area contributed by atoms with E-state index in [1.807, 2.05) is 12.1 Å². The van der Waals surface area contributed by atoms with Crippen molar-refractivity contribution in [3.05, 3.63) is 29.8 Å². The summed E-state index contributed by atoms with van der Waals surface area (Å²) >= 11 is 0. The van der Waals surface area contributed by atoms with Crippen LogP contribution in [0.1, 0.15) is 38.7 Å². The Morgan fingerprint density at radius 2 is 2.12 bits per heavy atom. The summed E-state index contributed by atoms with van der Waals surface area (Å²) in [5.74, 6) is 0.992. The summed E-state index contributed by atoms with van der Waals surface area (Å²) in [6, 6.07) is 8.91. The van der Waals surface area contributed by atoms with Crippen molar-refractivity contribution in [1.29, 1.82) is 0 Å². The lowest BCUT2D eigenvalue weighted by atomic mass is 9.81. The van der Waals surface area contributed by atoms with E-state index in [4.69, 9.17) is 4.74 Å². The van der Waals surface area contributed by atoms with E-state index in [1.54, 1.807) is 7.11 Å². The van der Waals surface area contributed by atoms with Gasteiger partial charge in [0, 0.05) is 17.1 Å². The molecule has 1 aromatic carbocycles. The number of hydrogen-bond acceptors (Lipinski definition) is 2. The zero-order valence-electron chi connectivity index (χ0n) is 10.4. The monoisotopic (exact) mass is 219 g/mol. The standard InChI is InChI=1S/C14H21NO/c1-11-7-6-10-14(2,15-11)12-8-4-5-9-13(12)16-3/h4-5,8-9,11,15H,6-7,10H2,1-3H3. The highest BCUT2D eigenvalue weighted by molar-refractivity contribution is 5.39. The van der Waals surface area contributed by atoms with Gasteiger partial charge in [0.15, 0.2) is 0 Å². The van der Waals surface area contributed by atoms with Crippen LogP contribution < -0.4 is 10.1 Å². The topological polar surface area (TPSA) is 21.3 Å². The quantitative estimate of drug-likeness (QED) is 0.825. The molecule has 1 fully saturated rings. The van der Waals surface area contributed by atoms with Crippen LogP contribution in [-0.4, -0.2) is 13.2 Å². The van der Waals surface area contributed by atoms with E-state index >= 15 is 0 Å². The zero-order chi connectivity index (χ0) is 11.6. The molecule has 2 nitrogen and oxygen atoms in total. The lowest BCUT2D eigenvalue weighted by Crippen LogP contribution is -2.48. The maximum Gasteiger partial charge on any atom is 0.123 e. The Bertz CT molecular complexity index is 364. The van der Waals surface area contributed by atoms with Gasteiger partial charge in [-0.3, -0.25) is 0 Å². The van der Waals surface area contributed by atoms with Gasteiger partial charge in [-0.25, -0.2) is 0 Å². The fourth-order valence-electron chi connectivity index (χ4n) is 2.76. The van der Waals surface area contributed by atoms with E-state index in [0.29, 0.717) is 6.04 Å². The molecule has 2 atom stereocenters. The van der Waals surface area contributed by atoms with Crippen molar-refractivity contribution in [2.45, 2.75) is 44.7 Å². The Balaban J connectivity index is 2.34. The minimum atomic E-state index is 0.0598. The molecule has 0 saturated carbocycles. The van der Waals surface area contributed by atoms with Crippen LogP contribution in [0.5, 0.6) is 5.75 Å². The van der Waals surface area contributed by atoms with Crippen LogP contribution in [-0.2, 0) is 5.54 Å². The maximum absolute atomic E-state index is 5.46. The molecule has 1 aliphatic rings. The first-order valence-corrected chi connectivity index (χ1v) is 6.07. The fourth-order valence-corrected chi connectivity index (χ4v) is 2.76. The predicted octanol–water partition coefficient (Wildman–Crippen LogP) is 3.07. The highest BCUT2D eigenvalue weighted by Crippen LogP contribution is 2.36. The molecule has 0 spiro atoms. The van der Waals surface area contributed by atoms with Gasteiger partial charge in [-0.15, -0.1) is 0 Å². The molecule has 2 heteroatoms. The summed E-state index contributed by atoms with van der Waals surface area (Å²) in [5.41, 5.74) is 1.34. The summed E-state index contributed by atoms with van der Waals surface area (Å²) in [7, 11) is 1.74. The number of methoxy groups -OCH3 is 1. The molecule has 1 heterocycles. The van der Waals surface area contributed by atoms with E-state index in [2.05, 4.69) is 31.3 Å². The van der Waals surface area contributed by atoms with Crippen molar-refractivity contribution < 1.29 is 4.74 Å². The number of rotatable bonds is 2. The molecule has 0 radical (unpaired) electrons. The van der Waals surface area contributed by atoms with Gasteiger partial charge in [0.05, 0.1) is 7.11 Å². The number of para-hydroxylation sites is 1. The average molecular weight is 219 g/mol. The van der Waals surface area contributed by atoms with E-state index in [0.717, 1.165) is 5.75 Å². The first-order valence-electron chi connectivity index (χ1n) is 6.07. The lowest BCUT2D eigenvalue weighted by Gasteiger charge is -2.39. The van der Waals surface area contributed by atoms with Gasteiger partial charge >= 0.3 is 0 Å². The molecular formula is C14H21NO. The molecule has 88 valence electrons. The van der Waals surface area contributed by atoms with Crippen molar-refractivity contribution in [1.82, 2.24) is 5.32 Å². The van der Waals surface area contributed by atoms with Crippen LogP contribution in [0.2, 0.25) is 0 Å². The highest BCUT2D eigenvalue weighted by atomic mass is 16.5. The molecule has 1 saturated heterocycles. The maximum atomic E-state index is 5.46. The fraction of sp³-hybridized carbons (Fsp3) is 0.571. The Labute approximate surface area is 98.0 Å². The minimum Gasteiger partial charge on any atom is -0.496 e. The molecule has 2 rings (SSSR count). The Morgan fingerprint density at radius 1 is 1.38 bits per heavy atom. The second-order valence-electron chi connectivity index (χ2n) is 4.97. The second kappa shape index (κ2) is 4.46. The van der Waals surface area contributed by atoms with E-state index in [1.165, 1.54) is 24.8 Å². The van der Waals surface area contributed by atoms with Crippen molar-refractivity contribution in [3.63, 3.8) is 0 Å². The summed E-state index contributed by atoms with van der Waals surface area (Å²) < 4.78 is 5.46. The summed E-state index contributed by atoms with van der Waals surface area (Å²) in [6.45, 7) is 4.54. The van der Waals surface area contributed by atoms with Crippen LogP contribution >= 0.6 is 0 Å². The normalized spacial score (nSPS) is 30.1. The number of nitrogens with one attached hydrogen (secondary N) is 1. The first-order chi connectivity index (χ1) is 7.65. The molecule has 2 unspecified atom stereocenters. The predicted molar refractivity (Wildman–Crippen MR) is 66.8 cm³/mol. The van der Waals surface area contributed by atoms with E-state index in [9.17, 15) is 0 Å². The third-order valence-electron chi connectivity index (χ3n) is 3.58. The smallest absolute Gasteiger partial charge is 0.123 e. The molecule has 0 aliphatic carbocycles. The van der Waals surface area contributed by atoms with Crippen molar-refractivity contribution in [2.75, 3.05) is 7.11 Å². The third-order valence-corrected chi connectivity index (χ3v) is 3.58. The van der Waals surface area contributed by atoms with Crippen LogP contribution in [0.15, 0.2) is 24.3 Å². The summed E-state index contributed by atoms with van der Waals surface area (Å²) in [4.78, 5) is 0. The molecule has 0 amide bonds. The van der Waals surface area contributed by atoms with Gasteiger partial charge in [-0.1, -0.05) is 18.2 Å². The largest absolute Gasteiger partial charge is 0.496 e. The number of ether oxygens (including phenoxy) is 1. The van der Waals surface area contributed by atoms with Crippen LogP contribution in [0.4, 0.5) is 0 Å². The second-order valence-corrected chi connectivity index (χ2v) is 4.97. The van der Waals surface area contributed by atoms with Gasteiger partial charge < -0.3 is 10.1 Å². The van der Waals surface area contributed by atoms with Crippen LogP contribution in [0.25, 0.3) is 0 Å². The Kier molecular flexibility index (Phi) is 3.20. The molecule has 1 aromatic rings. The van der Waals surface area contributed by atoms with Gasteiger partial charge in [0.1, 0.15) is 5.75 Å². The average Bonchev–Trinajstić information content (AvgIpc) is 2.29. The lowest BCUT2D eigenvalue weighted by molar-refractivity contribution is 0.229. The highest BCUT2D eigenvalue weighted by Gasteiger charge is 2.33. The third kappa shape index (κ3) is 2.07. The SMILES string of the molecule is COc1ccccc1C1(C)CCCC(C)N1. The summed E-state index contributed by atoms with van der Waals surface area (Å²) in [5, 5.41) is 3.70. The van der Waals surface area contributed by atoms with E-state index in [-0.39, 0.29) is 5.54 Å². The van der Waals surface area contributed by atoms with Crippen LogP contribution in [0, 0.1) is 0 Å². The number of benzene rings is 1. The zero-order valence-corrected chi connectivity index (χ0v) is 10.4. The Morgan fingerprint density at radius 3 is 2.81 bits per heavy atom. The van der Waals surface area contributed by atoms with Gasteiger partial charge in [0.2, 0.25) is 0 Å². The first kappa shape index (κ1) is 11.5.